The monoisotopic (exact) mass is 301 g/mol. The van der Waals surface area contributed by atoms with E-state index in [0.717, 1.165) is 30.8 Å². The molecule has 0 spiro atoms. The van der Waals surface area contributed by atoms with Crippen LogP contribution in [0.2, 0.25) is 0 Å². The molecule has 1 unspecified atom stereocenters. The second kappa shape index (κ2) is 7.20. The second-order valence-electron chi connectivity index (χ2n) is 5.20. The highest BCUT2D eigenvalue weighted by Crippen LogP contribution is 2.13. The number of nitrogens with one attached hydrogen (secondary N) is 1. The first-order valence-electron chi connectivity index (χ1n) is 7.40. The van der Waals surface area contributed by atoms with E-state index in [9.17, 15) is 4.79 Å². The van der Waals surface area contributed by atoms with Crippen molar-refractivity contribution in [3.63, 3.8) is 0 Å². The molecular formula is C16H19N3O3. The first kappa shape index (κ1) is 14.7. The van der Waals surface area contributed by atoms with E-state index in [-0.39, 0.29) is 18.6 Å². The lowest BCUT2D eigenvalue weighted by atomic mass is 10.2. The van der Waals surface area contributed by atoms with Gasteiger partial charge in [-0.05, 0) is 43.2 Å². The molecule has 1 aliphatic heterocycles. The average Bonchev–Trinajstić information content (AvgIpc) is 3.21. The van der Waals surface area contributed by atoms with Gasteiger partial charge in [0.2, 0.25) is 5.91 Å². The molecule has 0 aliphatic carbocycles. The SMILES string of the molecule is O=C(COCC1CCCO1)Nc1ccc(-n2cccn2)cc1. The van der Waals surface area contributed by atoms with E-state index in [1.165, 1.54) is 0 Å². The van der Waals surface area contributed by atoms with Gasteiger partial charge in [-0.25, -0.2) is 4.68 Å². The van der Waals surface area contributed by atoms with Crippen LogP contribution < -0.4 is 5.32 Å². The summed E-state index contributed by atoms with van der Waals surface area (Å²) in [6.07, 6.45) is 5.81. The molecule has 1 aromatic carbocycles. The van der Waals surface area contributed by atoms with Crippen molar-refractivity contribution in [3.05, 3.63) is 42.7 Å². The van der Waals surface area contributed by atoms with Crippen molar-refractivity contribution < 1.29 is 14.3 Å². The lowest BCUT2D eigenvalue weighted by Crippen LogP contribution is -2.22. The molecule has 22 heavy (non-hydrogen) atoms. The van der Waals surface area contributed by atoms with Gasteiger partial charge in [0.25, 0.3) is 0 Å². The topological polar surface area (TPSA) is 65.4 Å². The van der Waals surface area contributed by atoms with E-state index in [0.29, 0.717) is 6.61 Å². The van der Waals surface area contributed by atoms with Crippen molar-refractivity contribution in [2.24, 2.45) is 0 Å². The third kappa shape index (κ3) is 3.93. The number of nitrogens with zero attached hydrogens (tertiary/aromatic N) is 2. The van der Waals surface area contributed by atoms with E-state index in [1.807, 2.05) is 36.5 Å². The van der Waals surface area contributed by atoms with Gasteiger partial charge in [-0.2, -0.15) is 5.10 Å². The summed E-state index contributed by atoms with van der Waals surface area (Å²) in [5.74, 6) is -0.162. The Morgan fingerprint density at radius 2 is 2.27 bits per heavy atom. The average molecular weight is 301 g/mol. The fraction of sp³-hybridized carbons (Fsp3) is 0.375. The number of ether oxygens (including phenoxy) is 2. The standard InChI is InChI=1S/C16H19N3O3/c20-16(12-21-11-15-3-1-10-22-15)18-13-4-6-14(7-5-13)19-9-2-8-17-19/h2,4-9,15H,1,3,10-12H2,(H,18,20). The summed E-state index contributed by atoms with van der Waals surface area (Å²) >= 11 is 0. The maximum atomic E-state index is 11.8. The smallest absolute Gasteiger partial charge is 0.250 e. The van der Waals surface area contributed by atoms with Crippen LogP contribution >= 0.6 is 0 Å². The highest BCUT2D eigenvalue weighted by Gasteiger charge is 2.15. The third-order valence-electron chi connectivity index (χ3n) is 3.48. The number of aromatic nitrogens is 2. The lowest BCUT2D eigenvalue weighted by Gasteiger charge is -2.10. The number of anilines is 1. The van der Waals surface area contributed by atoms with Crippen molar-refractivity contribution in [3.8, 4) is 5.69 Å². The van der Waals surface area contributed by atoms with Gasteiger partial charge in [0.1, 0.15) is 6.61 Å². The van der Waals surface area contributed by atoms with Crippen LogP contribution in [0.1, 0.15) is 12.8 Å². The Bertz CT molecular complexity index is 590. The minimum absolute atomic E-state index is 0.0424. The highest BCUT2D eigenvalue weighted by molar-refractivity contribution is 5.91. The van der Waals surface area contributed by atoms with E-state index in [4.69, 9.17) is 9.47 Å². The number of rotatable bonds is 6. The maximum absolute atomic E-state index is 11.8. The van der Waals surface area contributed by atoms with Crippen LogP contribution in [0.3, 0.4) is 0 Å². The molecule has 116 valence electrons. The Morgan fingerprint density at radius 3 is 2.95 bits per heavy atom. The molecule has 0 saturated carbocycles. The molecular weight excluding hydrogens is 282 g/mol. The summed E-state index contributed by atoms with van der Waals surface area (Å²) in [6, 6.07) is 9.34. The Labute approximate surface area is 129 Å². The van der Waals surface area contributed by atoms with Gasteiger partial charge in [-0.3, -0.25) is 4.79 Å². The Kier molecular flexibility index (Phi) is 4.82. The summed E-state index contributed by atoms with van der Waals surface area (Å²) < 4.78 is 12.6. The molecule has 1 atom stereocenters. The molecule has 2 heterocycles. The number of amides is 1. The number of hydrogen-bond donors (Lipinski definition) is 1. The van der Waals surface area contributed by atoms with Crippen LogP contribution in [0.4, 0.5) is 5.69 Å². The zero-order valence-electron chi connectivity index (χ0n) is 12.3. The van der Waals surface area contributed by atoms with Gasteiger partial charge in [-0.15, -0.1) is 0 Å². The van der Waals surface area contributed by atoms with Gasteiger partial charge >= 0.3 is 0 Å². The van der Waals surface area contributed by atoms with Gasteiger partial charge in [0.05, 0.1) is 18.4 Å². The quantitative estimate of drug-likeness (QED) is 0.886. The van der Waals surface area contributed by atoms with Gasteiger partial charge in [0, 0.05) is 24.7 Å². The molecule has 1 aromatic heterocycles. The summed E-state index contributed by atoms with van der Waals surface area (Å²) in [5, 5.41) is 6.96. The molecule has 1 N–H and O–H groups in total. The Hall–Kier alpha value is -2.18. The Morgan fingerprint density at radius 1 is 1.41 bits per heavy atom. The number of carbonyl (C=O) groups excluding carboxylic acids is 1. The molecule has 1 saturated heterocycles. The van der Waals surface area contributed by atoms with Crippen molar-refractivity contribution in [2.75, 3.05) is 25.1 Å². The van der Waals surface area contributed by atoms with Crippen molar-refractivity contribution in [1.82, 2.24) is 9.78 Å². The van der Waals surface area contributed by atoms with Crippen molar-refractivity contribution >= 4 is 11.6 Å². The summed E-state index contributed by atoms with van der Waals surface area (Å²) in [4.78, 5) is 11.8. The third-order valence-corrected chi connectivity index (χ3v) is 3.48. The van der Waals surface area contributed by atoms with Crippen LogP contribution in [-0.4, -0.2) is 41.6 Å². The maximum Gasteiger partial charge on any atom is 0.250 e. The molecule has 2 aromatic rings. The largest absolute Gasteiger partial charge is 0.376 e. The van der Waals surface area contributed by atoms with Gasteiger partial charge in [0.15, 0.2) is 0 Å². The zero-order chi connectivity index (χ0) is 15.2. The van der Waals surface area contributed by atoms with Crippen LogP contribution in [0.15, 0.2) is 42.7 Å². The summed E-state index contributed by atoms with van der Waals surface area (Å²) in [6.45, 7) is 1.31. The molecule has 0 bridgehead atoms. The molecule has 6 nitrogen and oxygen atoms in total. The van der Waals surface area contributed by atoms with E-state index in [2.05, 4.69) is 10.4 Å². The van der Waals surface area contributed by atoms with E-state index < -0.39 is 0 Å². The molecule has 1 aliphatic rings. The van der Waals surface area contributed by atoms with Crippen LogP contribution in [0.5, 0.6) is 0 Å². The zero-order valence-corrected chi connectivity index (χ0v) is 12.3. The number of carbonyl (C=O) groups is 1. The fourth-order valence-corrected chi connectivity index (χ4v) is 2.37. The number of benzene rings is 1. The molecule has 3 rings (SSSR count). The lowest BCUT2D eigenvalue weighted by molar-refractivity contribution is -0.121. The van der Waals surface area contributed by atoms with Crippen LogP contribution in [-0.2, 0) is 14.3 Å². The predicted molar refractivity (Wildman–Crippen MR) is 82.0 cm³/mol. The van der Waals surface area contributed by atoms with E-state index >= 15 is 0 Å². The van der Waals surface area contributed by atoms with E-state index in [1.54, 1.807) is 10.9 Å². The van der Waals surface area contributed by atoms with Gasteiger partial charge in [-0.1, -0.05) is 0 Å². The minimum atomic E-state index is -0.162. The fourth-order valence-electron chi connectivity index (χ4n) is 2.37. The Balaban J connectivity index is 1.44. The predicted octanol–water partition coefficient (Wildman–Crippen LogP) is 2.01. The second-order valence-corrected chi connectivity index (χ2v) is 5.20. The minimum Gasteiger partial charge on any atom is -0.376 e. The van der Waals surface area contributed by atoms with Crippen molar-refractivity contribution in [2.45, 2.75) is 18.9 Å². The highest BCUT2D eigenvalue weighted by atomic mass is 16.5. The molecule has 6 heteroatoms. The van der Waals surface area contributed by atoms with Crippen LogP contribution in [0.25, 0.3) is 5.69 Å². The van der Waals surface area contributed by atoms with Crippen LogP contribution in [0, 0.1) is 0 Å². The summed E-state index contributed by atoms with van der Waals surface area (Å²) in [5.41, 5.74) is 1.68. The van der Waals surface area contributed by atoms with Gasteiger partial charge < -0.3 is 14.8 Å². The normalized spacial score (nSPS) is 17.5. The summed E-state index contributed by atoms with van der Waals surface area (Å²) in [7, 11) is 0. The molecule has 0 radical (unpaired) electrons. The number of hydrogen-bond acceptors (Lipinski definition) is 4. The molecule has 1 amide bonds. The first-order valence-corrected chi connectivity index (χ1v) is 7.40. The first-order chi connectivity index (χ1) is 10.8. The molecule has 1 fully saturated rings. The van der Waals surface area contributed by atoms with Crippen molar-refractivity contribution in [1.29, 1.82) is 0 Å².